The average Bonchev–Trinajstić information content (AvgIpc) is 2.21. The molecular formula is C11H15N3O. The molecule has 0 radical (unpaired) electrons. The Kier molecular flexibility index (Phi) is 3.15. The first-order valence-electron chi connectivity index (χ1n) is 4.61. The van der Waals surface area contributed by atoms with Crippen LogP contribution in [-0.4, -0.2) is 22.6 Å². The van der Waals surface area contributed by atoms with Crippen molar-refractivity contribution < 1.29 is 4.74 Å². The van der Waals surface area contributed by atoms with Crippen LogP contribution < -0.4 is 10.1 Å². The molecule has 0 atom stereocenters. The SMILES string of the molecule is C#CC(C)(C)Nc1ncnc(OC)c1C. The van der Waals surface area contributed by atoms with E-state index in [2.05, 4.69) is 21.2 Å². The molecule has 1 rings (SSSR count). The summed E-state index contributed by atoms with van der Waals surface area (Å²) in [5.41, 5.74) is 0.410. The third kappa shape index (κ3) is 2.59. The topological polar surface area (TPSA) is 47.0 Å². The normalized spacial score (nSPS) is 10.6. The number of methoxy groups -OCH3 is 1. The van der Waals surface area contributed by atoms with Crippen molar-refractivity contribution in [3.05, 3.63) is 11.9 Å². The van der Waals surface area contributed by atoms with E-state index >= 15 is 0 Å². The van der Waals surface area contributed by atoms with E-state index in [9.17, 15) is 0 Å². The van der Waals surface area contributed by atoms with Crippen LogP contribution in [0.5, 0.6) is 5.88 Å². The molecule has 0 amide bonds. The fourth-order valence-corrected chi connectivity index (χ4v) is 1.10. The number of hydrogen-bond acceptors (Lipinski definition) is 4. The average molecular weight is 205 g/mol. The number of anilines is 1. The van der Waals surface area contributed by atoms with Gasteiger partial charge in [-0.1, -0.05) is 5.92 Å². The fourth-order valence-electron chi connectivity index (χ4n) is 1.10. The van der Waals surface area contributed by atoms with Crippen LogP contribution in [0.4, 0.5) is 5.82 Å². The van der Waals surface area contributed by atoms with E-state index in [1.54, 1.807) is 7.11 Å². The standard InChI is InChI=1S/C11H15N3O/c1-6-11(3,4)14-9-8(2)10(15-5)13-7-12-9/h1,7H,2-5H3,(H,12,13,14). The van der Waals surface area contributed by atoms with Crippen molar-refractivity contribution in [1.29, 1.82) is 0 Å². The van der Waals surface area contributed by atoms with E-state index in [4.69, 9.17) is 11.2 Å². The zero-order valence-electron chi connectivity index (χ0n) is 9.46. The molecule has 4 nitrogen and oxygen atoms in total. The summed E-state index contributed by atoms with van der Waals surface area (Å²) < 4.78 is 5.09. The Morgan fingerprint density at radius 2 is 2.13 bits per heavy atom. The molecule has 0 fully saturated rings. The van der Waals surface area contributed by atoms with Crippen LogP contribution in [0, 0.1) is 19.3 Å². The van der Waals surface area contributed by atoms with Crippen molar-refractivity contribution in [1.82, 2.24) is 9.97 Å². The van der Waals surface area contributed by atoms with Gasteiger partial charge in [0.2, 0.25) is 5.88 Å². The van der Waals surface area contributed by atoms with Crippen LogP contribution in [0.2, 0.25) is 0 Å². The van der Waals surface area contributed by atoms with E-state index in [1.165, 1.54) is 6.33 Å². The Morgan fingerprint density at radius 3 is 2.67 bits per heavy atom. The third-order valence-corrected chi connectivity index (χ3v) is 2.02. The fraction of sp³-hybridized carbons (Fsp3) is 0.455. The van der Waals surface area contributed by atoms with Gasteiger partial charge < -0.3 is 10.1 Å². The Morgan fingerprint density at radius 1 is 1.47 bits per heavy atom. The summed E-state index contributed by atoms with van der Waals surface area (Å²) in [7, 11) is 1.57. The van der Waals surface area contributed by atoms with Gasteiger partial charge >= 0.3 is 0 Å². The summed E-state index contributed by atoms with van der Waals surface area (Å²) in [4.78, 5) is 8.11. The summed E-state index contributed by atoms with van der Waals surface area (Å²) in [5.74, 6) is 3.90. The Labute approximate surface area is 90.1 Å². The predicted molar refractivity (Wildman–Crippen MR) is 59.9 cm³/mol. The van der Waals surface area contributed by atoms with Crippen molar-refractivity contribution in [3.63, 3.8) is 0 Å². The lowest BCUT2D eigenvalue weighted by Gasteiger charge is -2.21. The van der Waals surface area contributed by atoms with E-state index in [0.717, 1.165) is 5.56 Å². The van der Waals surface area contributed by atoms with Gasteiger partial charge in [0.25, 0.3) is 0 Å². The lowest BCUT2D eigenvalue weighted by atomic mass is 10.1. The van der Waals surface area contributed by atoms with Crippen molar-refractivity contribution in [2.75, 3.05) is 12.4 Å². The minimum atomic E-state index is -0.440. The van der Waals surface area contributed by atoms with Gasteiger partial charge in [-0.25, -0.2) is 9.97 Å². The number of ether oxygens (including phenoxy) is 1. The number of aromatic nitrogens is 2. The largest absolute Gasteiger partial charge is 0.481 e. The molecule has 0 saturated heterocycles. The van der Waals surface area contributed by atoms with Gasteiger partial charge in [-0.05, 0) is 20.8 Å². The molecule has 15 heavy (non-hydrogen) atoms. The number of terminal acetylenes is 1. The molecule has 4 heteroatoms. The van der Waals surface area contributed by atoms with E-state index in [0.29, 0.717) is 11.7 Å². The summed E-state index contributed by atoms with van der Waals surface area (Å²) >= 11 is 0. The highest BCUT2D eigenvalue weighted by atomic mass is 16.5. The first-order chi connectivity index (χ1) is 7.00. The van der Waals surface area contributed by atoms with Crippen LogP contribution in [0.25, 0.3) is 0 Å². The van der Waals surface area contributed by atoms with Crippen LogP contribution >= 0.6 is 0 Å². The highest BCUT2D eigenvalue weighted by Gasteiger charge is 2.16. The molecule has 0 spiro atoms. The second kappa shape index (κ2) is 4.18. The van der Waals surface area contributed by atoms with Crippen LogP contribution in [0.3, 0.4) is 0 Å². The Hall–Kier alpha value is -1.76. The smallest absolute Gasteiger partial charge is 0.221 e. The highest BCUT2D eigenvalue weighted by Crippen LogP contribution is 2.22. The lowest BCUT2D eigenvalue weighted by Crippen LogP contribution is -2.29. The van der Waals surface area contributed by atoms with Gasteiger partial charge in [0.05, 0.1) is 18.2 Å². The van der Waals surface area contributed by atoms with Crippen molar-refractivity contribution in [2.24, 2.45) is 0 Å². The molecule has 0 unspecified atom stereocenters. The highest BCUT2D eigenvalue weighted by molar-refractivity contribution is 5.50. The van der Waals surface area contributed by atoms with Crippen molar-refractivity contribution >= 4 is 5.82 Å². The summed E-state index contributed by atoms with van der Waals surface area (Å²) in [6, 6.07) is 0. The molecule has 1 N–H and O–H groups in total. The molecule has 0 aliphatic heterocycles. The molecule has 1 aromatic rings. The van der Waals surface area contributed by atoms with E-state index in [-0.39, 0.29) is 0 Å². The van der Waals surface area contributed by atoms with Gasteiger partial charge in [-0.3, -0.25) is 0 Å². The monoisotopic (exact) mass is 205 g/mol. The lowest BCUT2D eigenvalue weighted by molar-refractivity contribution is 0.393. The Bertz CT molecular complexity index is 393. The molecule has 0 saturated carbocycles. The maximum atomic E-state index is 5.39. The minimum Gasteiger partial charge on any atom is -0.481 e. The zero-order valence-corrected chi connectivity index (χ0v) is 9.46. The van der Waals surface area contributed by atoms with Gasteiger partial charge in [0, 0.05) is 0 Å². The molecule has 0 aromatic carbocycles. The third-order valence-electron chi connectivity index (χ3n) is 2.02. The van der Waals surface area contributed by atoms with Gasteiger partial charge in [0.1, 0.15) is 12.1 Å². The molecule has 0 aliphatic rings. The number of nitrogens with zero attached hydrogens (tertiary/aromatic N) is 2. The Balaban J connectivity index is 3.02. The van der Waals surface area contributed by atoms with Crippen LogP contribution in [-0.2, 0) is 0 Å². The number of rotatable bonds is 3. The zero-order chi connectivity index (χ0) is 11.5. The molecule has 1 aromatic heterocycles. The van der Waals surface area contributed by atoms with Crippen molar-refractivity contribution in [2.45, 2.75) is 26.3 Å². The van der Waals surface area contributed by atoms with E-state index < -0.39 is 5.54 Å². The van der Waals surface area contributed by atoms with Crippen LogP contribution in [0.1, 0.15) is 19.4 Å². The summed E-state index contributed by atoms with van der Waals surface area (Å²) in [5, 5.41) is 3.14. The quantitative estimate of drug-likeness (QED) is 0.762. The summed E-state index contributed by atoms with van der Waals surface area (Å²) in [6.07, 6.45) is 6.83. The first kappa shape index (κ1) is 11.3. The van der Waals surface area contributed by atoms with Crippen LogP contribution in [0.15, 0.2) is 6.33 Å². The molecule has 80 valence electrons. The second-order valence-corrected chi connectivity index (χ2v) is 3.75. The maximum Gasteiger partial charge on any atom is 0.221 e. The number of hydrogen-bond donors (Lipinski definition) is 1. The van der Waals surface area contributed by atoms with E-state index in [1.807, 2.05) is 20.8 Å². The summed E-state index contributed by atoms with van der Waals surface area (Å²) in [6.45, 7) is 5.69. The molecule has 0 bridgehead atoms. The number of nitrogens with one attached hydrogen (secondary N) is 1. The minimum absolute atomic E-state index is 0.440. The van der Waals surface area contributed by atoms with Gasteiger partial charge in [0.15, 0.2) is 0 Å². The first-order valence-corrected chi connectivity index (χ1v) is 4.61. The molecule has 1 heterocycles. The van der Waals surface area contributed by atoms with Gasteiger partial charge in [-0.2, -0.15) is 0 Å². The molecular weight excluding hydrogens is 190 g/mol. The predicted octanol–water partition coefficient (Wildman–Crippen LogP) is 1.62. The molecule has 0 aliphatic carbocycles. The van der Waals surface area contributed by atoms with Gasteiger partial charge in [-0.15, -0.1) is 6.42 Å². The second-order valence-electron chi connectivity index (χ2n) is 3.75. The van der Waals surface area contributed by atoms with Crippen molar-refractivity contribution in [3.8, 4) is 18.2 Å². The maximum absolute atomic E-state index is 5.39.